The number of hydrogen-bond donors (Lipinski definition) is 0. The molecule has 0 radical (unpaired) electrons. The first kappa shape index (κ1) is 18.7. The van der Waals surface area contributed by atoms with Gasteiger partial charge < -0.3 is 9.64 Å². The number of benzene rings is 1. The van der Waals surface area contributed by atoms with Gasteiger partial charge in [-0.15, -0.1) is 0 Å². The topological polar surface area (TPSA) is 24.8 Å². The molecule has 0 spiro atoms. The molecule has 2 heterocycles. The molecule has 0 N–H and O–H groups in total. The largest absolute Gasteiger partial charge is 0.485 e. The fourth-order valence-electron chi connectivity index (χ4n) is 2.42. The summed E-state index contributed by atoms with van der Waals surface area (Å²) in [6, 6.07) is 1.41. The molecule has 1 aromatic carbocycles. The van der Waals surface area contributed by atoms with E-state index in [1.165, 1.54) is 11.9 Å². The zero-order valence-corrected chi connectivity index (χ0v) is 13.9. The van der Waals surface area contributed by atoms with E-state index in [2.05, 4.69) is 4.40 Å². The highest BCUT2D eigenvalue weighted by Gasteiger charge is 2.37. The second-order valence-electron chi connectivity index (χ2n) is 5.52. The van der Waals surface area contributed by atoms with Gasteiger partial charge in [0.25, 0.3) is 0 Å². The number of allylic oxidation sites excluding steroid dienone is 2. The third-order valence-electron chi connectivity index (χ3n) is 3.62. The summed E-state index contributed by atoms with van der Waals surface area (Å²) in [5, 5.41) is 0. The molecule has 2 aliphatic heterocycles. The maximum absolute atomic E-state index is 12.9. The lowest BCUT2D eigenvalue weighted by Crippen LogP contribution is -2.34. The molecule has 0 aromatic heterocycles. The molecular weight excluding hydrogens is 382 g/mol. The van der Waals surface area contributed by atoms with E-state index < -0.39 is 30.1 Å². The number of alkyl halides is 6. The van der Waals surface area contributed by atoms with E-state index in [4.69, 9.17) is 4.74 Å². The van der Waals surface area contributed by atoms with Crippen LogP contribution in [0.1, 0.15) is 16.7 Å². The molecule has 0 amide bonds. The zero-order valence-electron chi connectivity index (χ0n) is 13.1. The summed E-state index contributed by atoms with van der Waals surface area (Å²) >= 11 is 1.31. The van der Waals surface area contributed by atoms with E-state index in [1.54, 1.807) is 23.3 Å². The fourth-order valence-corrected chi connectivity index (χ4v) is 3.11. The second kappa shape index (κ2) is 6.90. The van der Waals surface area contributed by atoms with Crippen LogP contribution in [0, 0.1) is 0 Å². The summed E-state index contributed by atoms with van der Waals surface area (Å²) in [5.41, 5.74) is -2.95. The van der Waals surface area contributed by atoms with Crippen LogP contribution in [-0.4, -0.2) is 23.0 Å². The average molecular weight is 394 g/mol. The Hall–Kier alpha value is -2.10. The summed E-state index contributed by atoms with van der Waals surface area (Å²) in [6.45, 7) is 0.243. The minimum absolute atomic E-state index is 0.0930. The van der Waals surface area contributed by atoms with E-state index in [-0.39, 0.29) is 11.6 Å². The Morgan fingerprint density at radius 1 is 1.04 bits per heavy atom. The van der Waals surface area contributed by atoms with Gasteiger partial charge in [-0.25, -0.2) is 0 Å². The van der Waals surface area contributed by atoms with Crippen molar-refractivity contribution in [3.05, 3.63) is 59.0 Å². The van der Waals surface area contributed by atoms with E-state index in [1.807, 2.05) is 0 Å². The molecule has 1 aromatic rings. The standard InChI is InChI=1S/C16H12F6N2OS/c17-15(18,19)11-6-10(7-12(8-11)16(20,21)22)9-25-13-2-1-3-24-4-5-26-23-14(13)24/h1-3,6-8H,4-5,9H2. The number of fused-ring (bicyclic) bond motifs is 1. The van der Waals surface area contributed by atoms with Crippen molar-refractivity contribution >= 4 is 17.8 Å². The van der Waals surface area contributed by atoms with Crippen molar-refractivity contribution in [2.24, 2.45) is 4.40 Å². The Bertz CT molecular complexity index is 750. The molecule has 10 heteroatoms. The highest BCUT2D eigenvalue weighted by Crippen LogP contribution is 2.36. The van der Waals surface area contributed by atoms with E-state index in [0.717, 1.165) is 5.75 Å². The lowest BCUT2D eigenvalue weighted by atomic mass is 10.1. The predicted molar refractivity (Wildman–Crippen MR) is 85.1 cm³/mol. The van der Waals surface area contributed by atoms with Crippen LogP contribution in [0.15, 0.2) is 46.7 Å². The second-order valence-corrected chi connectivity index (χ2v) is 6.37. The van der Waals surface area contributed by atoms with Crippen LogP contribution in [0.4, 0.5) is 26.3 Å². The lowest BCUT2D eigenvalue weighted by molar-refractivity contribution is -0.143. The van der Waals surface area contributed by atoms with Crippen LogP contribution in [0.25, 0.3) is 0 Å². The lowest BCUT2D eigenvalue weighted by Gasteiger charge is -2.28. The number of amidine groups is 1. The van der Waals surface area contributed by atoms with Crippen LogP contribution in [0.5, 0.6) is 0 Å². The molecule has 3 rings (SSSR count). The quantitative estimate of drug-likeness (QED) is 0.532. The molecule has 0 unspecified atom stereocenters. The van der Waals surface area contributed by atoms with Crippen LogP contribution >= 0.6 is 11.9 Å². The predicted octanol–water partition coefficient (Wildman–Crippen LogP) is 5.01. The number of rotatable bonds is 3. The third kappa shape index (κ3) is 4.17. The molecule has 0 atom stereocenters. The number of ether oxygens (including phenoxy) is 1. The Labute approximate surface area is 149 Å². The third-order valence-corrected chi connectivity index (χ3v) is 4.29. The Kier molecular flexibility index (Phi) is 4.96. The Balaban J connectivity index is 1.84. The number of hydrogen-bond acceptors (Lipinski definition) is 4. The molecule has 2 aliphatic rings. The molecule has 140 valence electrons. The van der Waals surface area contributed by atoms with E-state index in [9.17, 15) is 26.3 Å². The van der Waals surface area contributed by atoms with Gasteiger partial charge >= 0.3 is 12.4 Å². The highest BCUT2D eigenvalue weighted by molar-refractivity contribution is 7.98. The van der Waals surface area contributed by atoms with Gasteiger partial charge in [0.1, 0.15) is 6.61 Å². The summed E-state index contributed by atoms with van der Waals surface area (Å²) in [6.07, 6.45) is -4.75. The van der Waals surface area contributed by atoms with Crippen LogP contribution in [0.2, 0.25) is 0 Å². The summed E-state index contributed by atoms with van der Waals surface area (Å²) in [4.78, 5) is 1.80. The summed E-state index contributed by atoms with van der Waals surface area (Å²) < 4.78 is 87.0. The molecular formula is C16H12F6N2OS. The molecule has 0 saturated carbocycles. The molecule has 3 nitrogen and oxygen atoms in total. The van der Waals surface area contributed by atoms with Crippen molar-refractivity contribution in [1.29, 1.82) is 0 Å². The minimum Gasteiger partial charge on any atom is -0.485 e. The van der Waals surface area contributed by atoms with Crippen LogP contribution < -0.4 is 0 Å². The van der Waals surface area contributed by atoms with Gasteiger partial charge in [-0.05, 0) is 47.9 Å². The van der Waals surface area contributed by atoms with Crippen molar-refractivity contribution in [1.82, 2.24) is 4.90 Å². The maximum Gasteiger partial charge on any atom is 0.416 e. The zero-order chi connectivity index (χ0) is 18.9. The van der Waals surface area contributed by atoms with Crippen molar-refractivity contribution in [2.45, 2.75) is 19.0 Å². The van der Waals surface area contributed by atoms with Gasteiger partial charge in [-0.2, -0.15) is 30.7 Å². The molecule has 0 saturated heterocycles. The van der Waals surface area contributed by atoms with E-state index in [0.29, 0.717) is 30.3 Å². The van der Waals surface area contributed by atoms with Gasteiger partial charge in [0, 0.05) is 18.5 Å². The minimum atomic E-state index is -4.89. The van der Waals surface area contributed by atoms with Gasteiger partial charge in [0.15, 0.2) is 11.6 Å². The summed E-state index contributed by atoms with van der Waals surface area (Å²) in [5.74, 6) is 1.56. The summed E-state index contributed by atoms with van der Waals surface area (Å²) in [7, 11) is 0. The normalized spacial score (nSPS) is 17.5. The molecule has 0 aliphatic carbocycles. The van der Waals surface area contributed by atoms with Gasteiger partial charge in [-0.3, -0.25) is 0 Å². The molecule has 26 heavy (non-hydrogen) atoms. The van der Waals surface area contributed by atoms with Crippen LogP contribution in [0.3, 0.4) is 0 Å². The monoisotopic (exact) mass is 394 g/mol. The SMILES string of the molecule is FC(F)(F)c1cc(COC2=CC=CN3CCSN=C23)cc(C(F)(F)F)c1. The number of nitrogens with zero attached hydrogens (tertiary/aromatic N) is 2. The first-order valence-corrected chi connectivity index (χ1v) is 8.35. The fraction of sp³-hybridized carbons (Fsp3) is 0.312. The van der Waals surface area contributed by atoms with Crippen LogP contribution in [-0.2, 0) is 23.7 Å². The van der Waals surface area contributed by atoms with Gasteiger partial charge in [0.05, 0.1) is 11.1 Å². The Morgan fingerprint density at radius 3 is 2.31 bits per heavy atom. The van der Waals surface area contributed by atoms with Gasteiger partial charge in [0.2, 0.25) is 0 Å². The number of halogens is 6. The molecule has 0 fully saturated rings. The smallest absolute Gasteiger partial charge is 0.416 e. The van der Waals surface area contributed by atoms with Crippen molar-refractivity contribution in [2.75, 3.05) is 12.3 Å². The first-order chi connectivity index (χ1) is 12.1. The maximum atomic E-state index is 12.9. The first-order valence-electron chi connectivity index (χ1n) is 7.41. The van der Waals surface area contributed by atoms with Gasteiger partial charge in [-0.1, -0.05) is 0 Å². The molecule has 0 bridgehead atoms. The van der Waals surface area contributed by atoms with Crippen molar-refractivity contribution in [3.8, 4) is 0 Å². The van der Waals surface area contributed by atoms with Crippen molar-refractivity contribution < 1.29 is 31.1 Å². The Morgan fingerprint density at radius 2 is 1.69 bits per heavy atom. The van der Waals surface area contributed by atoms with E-state index >= 15 is 0 Å². The van der Waals surface area contributed by atoms with Crippen molar-refractivity contribution in [3.63, 3.8) is 0 Å². The highest BCUT2D eigenvalue weighted by atomic mass is 32.2. The average Bonchev–Trinajstić information content (AvgIpc) is 2.58.